The Kier molecular flexibility index (Phi) is 8.19. The average Bonchev–Trinajstić information content (AvgIpc) is 2.85. The number of urea groups is 1. The Morgan fingerprint density at radius 2 is 1.43 bits per heavy atom. The molecule has 3 heterocycles. The van der Waals surface area contributed by atoms with Crippen LogP contribution in [0, 0.1) is 0 Å². The first-order valence-corrected chi connectivity index (χ1v) is 12.2. The van der Waals surface area contributed by atoms with Crippen molar-refractivity contribution < 1.29 is 23.1 Å². The molecule has 2 amide bonds. The lowest BCUT2D eigenvalue weighted by atomic mass is 10.3. The Hall–Kier alpha value is -2.77. The van der Waals surface area contributed by atoms with Gasteiger partial charge < -0.3 is 25.1 Å². The number of alkyl halides is 3. The molecule has 0 bridgehead atoms. The maximum Gasteiger partial charge on any atom is 0.446 e. The molecule has 1 aromatic carbocycles. The van der Waals surface area contributed by atoms with Crippen molar-refractivity contribution in [3.8, 4) is 0 Å². The number of aliphatic hydroxyl groups is 1. The molecule has 0 radical (unpaired) electrons. The first-order valence-electron chi connectivity index (χ1n) is 11.4. The van der Waals surface area contributed by atoms with Crippen LogP contribution in [-0.2, 0) is 0 Å². The molecule has 2 aromatic rings. The standard InChI is InChI=1S/C22H28F3N7O2S/c23-22(24,25)35-18-3-1-17(2-4-18)26-21(34)32-13-11-31(12-14-32)20-6-5-19(27-28-20)30-9-7-29(8-10-30)15-16-33/h1-6,33H,7-16H2,(H,26,34). The third kappa shape index (κ3) is 7.12. The van der Waals surface area contributed by atoms with Crippen molar-refractivity contribution in [1.29, 1.82) is 0 Å². The van der Waals surface area contributed by atoms with Crippen molar-refractivity contribution in [3.63, 3.8) is 0 Å². The molecule has 190 valence electrons. The quantitative estimate of drug-likeness (QED) is 0.573. The summed E-state index contributed by atoms with van der Waals surface area (Å²) in [6.07, 6.45) is 0. The zero-order valence-corrected chi connectivity index (χ0v) is 19.9. The van der Waals surface area contributed by atoms with Crippen LogP contribution in [0.4, 0.5) is 35.3 Å². The minimum atomic E-state index is -4.34. The minimum Gasteiger partial charge on any atom is -0.395 e. The minimum absolute atomic E-state index is 0.0696. The Labute approximate surface area is 205 Å². The number of anilines is 3. The first-order chi connectivity index (χ1) is 16.8. The summed E-state index contributed by atoms with van der Waals surface area (Å²) in [5.41, 5.74) is -3.90. The molecule has 0 spiro atoms. The van der Waals surface area contributed by atoms with Gasteiger partial charge in [0.25, 0.3) is 0 Å². The van der Waals surface area contributed by atoms with Gasteiger partial charge in [0.2, 0.25) is 0 Å². The van der Waals surface area contributed by atoms with Crippen molar-refractivity contribution in [1.82, 2.24) is 20.0 Å². The van der Waals surface area contributed by atoms with E-state index >= 15 is 0 Å². The van der Waals surface area contributed by atoms with Crippen LogP contribution in [-0.4, -0.2) is 102 Å². The number of thioether (sulfide) groups is 1. The number of benzene rings is 1. The van der Waals surface area contributed by atoms with Crippen molar-refractivity contribution >= 4 is 35.1 Å². The van der Waals surface area contributed by atoms with Crippen LogP contribution < -0.4 is 15.1 Å². The average molecular weight is 512 g/mol. The number of aromatic nitrogens is 2. The van der Waals surface area contributed by atoms with E-state index in [9.17, 15) is 18.0 Å². The smallest absolute Gasteiger partial charge is 0.395 e. The zero-order valence-electron chi connectivity index (χ0n) is 19.1. The first kappa shape index (κ1) is 25.3. The molecule has 0 aliphatic carbocycles. The molecule has 0 saturated carbocycles. The van der Waals surface area contributed by atoms with Crippen LogP contribution >= 0.6 is 11.8 Å². The molecule has 2 saturated heterocycles. The molecule has 35 heavy (non-hydrogen) atoms. The molecule has 2 N–H and O–H groups in total. The molecule has 4 rings (SSSR count). The summed E-state index contributed by atoms with van der Waals surface area (Å²) in [6.45, 7) is 6.48. The summed E-state index contributed by atoms with van der Waals surface area (Å²) < 4.78 is 37.4. The SMILES string of the molecule is O=C(Nc1ccc(SC(F)(F)F)cc1)N1CCN(c2ccc(N3CCN(CCO)CC3)nn2)CC1. The second-order valence-electron chi connectivity index (χ2n) is 8.28. The van der Waals surface area contributed by atoms with E-state index in [1.54, 1.807) is 4.90 Å². The predicted octanol–water partition coefficient (Wildman–Crippen LogP) is 2.56. The summed E-state index contributed by atoms with van der Waals surface area (Å²) in [5.74, 6) is 1.58. The lowest BCUT2D eigenvalue weighted by Gasteiger charge is -2.36. The fourth-order valence-corrected chi connectivity index (χ4v) is 4.62. The number of piperazine rings is 2. The van der Waals surface area contributed by atoms with E-state index in [4.69, 9.17) is 5.11 Å². The molecule has 2 fully saturated rings. The Balaban J connectivity index is 1.24. The summed E-state index contributed by atoms with van der Waals surface area (Å²) in [5, 5.41) is 20.6. The Morgan fingerprint density at radius 3 is 1.91 bits per heavy atom. The summed E-state index contributed by atoms with van der Waals surface area (Å²) >= 11 is -0.187. The number of rotatable bonds is 6. The van der Waals surface area contributed by atoms with E-state index in [0.29, 0.717) is 38.4 Å². The van der Waals surface area contributed by atoms with Gasteiger partial charge in [-0.2, -0.15) is 13.2 Å². The highest BCUT2D eigenvalue weighted by atomic mass is 32.2. The normalized spacial score (nSPS) is 17.5. The summed E-state index contributed by atoms with van der Waals surface area (Å²) in [7, 11) is 0. The van der Waals surface area contributed by atoms with Crippen LogP contribution in [0.3, 0.4) is 0 Å². The van der Waals surface area contributed by atoms with Gasteiger partial charge >= 0.3 is 11.5 Å². The molecule has 2 aliphatic heterocycles. The van der Waals surface area contributed by atoms with Gasteiger partial charge in [-0.3, -0.25) is 4.90 Å². The van der Waals surface area contributed by atoms with Gasteiger partial charge in [0, 0.05) is 69.5 Å². The lowest BCUT2D eigenvalue weighted by molar-refractivity contribution is -0.0328. The second kappa shape index (κ2) is 11.3. The van der Waals surface area contributed by atoms with Crippen LogP contribution in [0.25, 0.3) is 0 Å². The van der Waals surface area contributed by atoms with Gasteiger partial charge in [0.15, 0.2) is 11.6 Å². The van der Waals surface area contributed by atoms with Gasteiger partial charge in [-0.05, 0) is 48.2 Å². The molecule has 9 nitrogen and oxygen atoms in total. The predicted molar refractivity (Wildman–Crippen MR) is 129 cm³/mol. The Morgan fingerprint density at radius 1 is 0.886 bits per heavy atom. The monoisotopic (exact) mass is 511 g/mol. The fraction of sp³-hybridized carbons (Fsp3) is 0.500. The number of hydrogen-bond donors (Lipinski definition) is 2. The molecule has 1 aromatic heterocycles. The van der Waals surface area contributed by atoms with E-state index in [0.717, 1.165) is 37.8 Å². The van der Waals surface area contributed by atoms with Crippen LogP contribution in [0.1, 0.15) is 0 Å². The maximum atomic E-state index is 12.6. The number of amides is 2. The van der Waals surface area contributed by atoms with E-state index in [1.165, 1.54) is 24.3 Å². The number of β-amino-alcohol motifs (C(OH)–C–C–N with tert-alkyl or cyclic N) is 1. The third-order valence-corrected chi connectivity index (χ3v) is 6.72. The third-order valence-electron chi connectivity index (χ3n) is 5.98. The molecule has 13 heteroatoms. The Bertz CT molecular complexity index is 963. The number of carbonyl (C=O) groups excluding carboxylic acids is 1. The zero-order chi connectivity index (χ0) is 24.8. The highest BCUT2D eigenvalue weighted by Gasteiger charge is 2.29. The van der Waals surface area contributed by atoms with Crippen molar-refractivity contribution in [2.75, 3.05) is 80.6 Å². The van der Waals surface area contributed by atoms with E-state index in [-0.39, 0.29) is 29.3 Å². The molecular weight excluding hydrogens is 483 g/mol. The van der Waals surface area contributed by atoms with Gasteiger partial charge in [0.05, 0.1) is 6.61 Å². The van der Waals surface area contributed by atoms with Gasteiger partial charge in [-0.1, -0.05) is 0 Å². The van der Waals surface area contributed by atoms with Crippen LogP contribution in [0.2, 0.25) is 0 Å². The van der Waals surface area contributed by atoms with E-state index in [1.807, 2.05) is 12.1 Å². The van der Waals surface area contributed by atoms with Crippen molar-refractivity contribution in [2.45, 2.75) is 10.4 Å². The molecule has 0 unspecified atom stereocenters. The largest absolute Gasteiger partial charge is 0.446 e. The van der Waals surface area contributed by atoms with Crippen LogP contribution in [0.15, 0.2) is 41.3 Å². The molecule has 2 aliphatic rings. The highest BCUT2D eigenvalue weighted by molar-refractivity contribution is 8.00. The number of hydrogen-bond acceptors (Lipinski definition) is 8. The molecule has 0 atom stereocenters. The van der Waals surface area contributed by atoms with Crippen molar-refractivity contribution in [2.24, 2.45) is 0 Å². The number of aliphatic hydroxyl groups excluding tert-OH is 1. The maximum absolute atomic E-state index is 12.6. The van der Waals surface area contributed by atoms with Gasteiger partial charge in [-0.15, -0.1) is 10.2 Å². The van der Waals surface area contributed by atoms with Gasteiger partial charge in [0.1, 0.15) is 0 Å². The summed E-state index contributed by atoms with van der Waals surface area (Å²) in [6, 6.07) is 9.22. The van der Waals surface area contributed by atoms with Gasteiger partial charge in [-0.25, -0.2) is 4.79 Å². The van der Waals surface area contributed by atoms with E-state index in [2.05, 4.69) is 30.2 Å². The summed E-state index contributed by atoms with van der Waals surface area (Å²) in [4.78, 5) is 20.8. The number of carbonyl (C=O) groups is 1. The van der Waals surface area contributed by atoms with Crippen LogP contribution in [0.5, 0.6) is 0 Å². The highest BCUT2D eigenvalue weighted by Crippen LogP contribution is 2.37. The number of halogens is 3. The fourth-order valence-electron chi connectivity index (χ4n) is 4.08. The van der Waals surface area contributed by atoms with E-state index < -0.39 is 5.51 Å². The number of nitrogens with zero attached hydrogens (tertiary/aromatic N) is 6. The second-order valence-corrected chi connectivity index (χ2v) is 9.42. The molecular formula is C22H28F3N7O2S. The van der Waals surface area contributed by atoms with Crippen molar-refractivity contribution in [3.05, 3.63) is 36.4 Å². The topological polar surface area (TPSA) is 88.1 Å². The number of nitrogens with one attached hydrogen (secondary N) is 1. The lowest BCUT2D eigenvalue weighted by Crippen LogP contribution is -2.50.